The number of para-hydroxylation sites is 1. The average molecular weight is 399 g/mol. The maximum Gasteiger partial charge on any atom is 0.268 e. The molecule has 0 spiro atoms. The predicted octanol–water partition coefficient (Wildman–Crippen LogP) is 4.06. The molecule has 1 amide bonds. The van der Waals surface area contributed by atoms with Crippen LogP contribution in [-0.2, 0) is 6.54 Å². The Kier molecular flexibility index (Phi) is 4.51. The monoisotopic (exact) mass is 398 g/mol. The molecule has 0 unspecified atom stereocenters. The Morgan fingerprint density at radius 1 is 1.26 bits per heavy atom. The topological polar surface area (TPSA) is 98.7 Å². The number of fused-ring (bicyclic) bond motifs is 1. The summed E-state index contributed by atoms with van der Waals surface area (Å²) in [5.41, 5.74) is 7.85. The molecule has 0 bridgehead atoms. The molecule has 0 saturated heterocycles. The van der Waals surface area contributed by atoms with E-state index in [9.17, 15) is 4.79 Å². The minimum atomic E-state index is -0.241. The Hall–Kier alpha value is -2.97. The van der Waals surface area contributed by atoms with Crippen LogP contribution in [0.4, 0.5) is 11.9 Å². The van der Waals surface area contributed by atoms with Crippen molar-refractivity contribution >= 4 is 51.8 Å². The van der Waals surface area contributed by atoms with Gasteiger partial charge in [-0.05, 0) is 37.3 Å². The van der Waals surface area contributed by atoms with Gasteiger partial charge >= 0.3 is 0 Å². The number of amides is 1. The summed E-state index contributed by atoms with van der Waals surface area (Å²) in [4.78, 5) is 26.6. The van der Waals surface area contributed by atoms with E-state index in [4.69, 9.17) is 17.3 Å². The fourth-order valence-electron chi connectivity index (χ4n) is 2.80. The number of benzene rings is 1. The molecule has 0 saturated carbocycles. The lowest BCUT2D eigenvalue weighted by Crippen LogP contribution is -2.14. The second-order valence-corrected chi connectivity index (χ2v) is 7.20. The van der Waals surface area contributed by atoms with Gasteiger partial charge in [0.25, 0.3) is 5.91 Å². The number of anilines is 2. The van der Waals surface area contributed by atoms with Gasteiger partial charge in [-0.15, -0.1) is 11.3 Å². The van der Waals surface area contributed by atoms with Gasteiger partial charge in [-0.3, -0.25) is 10.1 Å². The van der Waals surface area contributed by atoms with E-state index in [1.807, 2.05) is 29.7 Å². The van der Waals surface area contributed by atoms with Crippen LogP contribution in [0.15, 0.2) is 42.6 Å². The smallest absolute Gasteiger partial charge is 0.268 e. The number of nitrogens with zero attached hydrogens (tertiary/aromatic N) is 4. The molecule has 0 aliphatic rings. The van der Waals surface area contributed by atoms with Crippen LogP contribution in [0, 0.1) is 0 Å². The largest absolute Gasteiger partial charge is 0.368 e. The first-order valence-corrected chi connectivity index (χ1v) is 9.41. The Morgan fingerprint density at radius 2 is 2.11 bits per heavy atom. The summed E-state index contributed by atoms with van der Waals surface area (Å²) in [7, 11) is 0. The number of hydrogen-bond donors (Lipinski definition) is 2. The summed E-state index contributed by atoms with van der Waals surface area (Å²) in [5, 5.41) is 3.43. The number of nitrogen functional groups attached to an aromatic ring is 1. The molecule has 1 aromatic carbocycles. The van der Waals surface area contributed by atoms with Crippen LogP contribution in [0.25, 0.3) is 21.6 Å². The van der Waals surface area contributed by atoms with Gasteiger partial charge < -0.3 is 10.3 Å². The van der Waals surface area contributed by atoms with Gasteiger partial charge in [-0.1, -0.05) is 17.7 Å². The second-order valence-electron chi connectivity index (χ2n) is 5.71. The third-order valence-electron chi connectivity index (χ3n) is 4.03. The molecule has 4 aromatic rings. The molecule has 7 nitrogen and oxygen atoms in total. The fourth-order valence-corrected chi connectivity index (χ4v) is 3.88. The summed E-state index contributed by atoms with van der Waals surface area (Å²) in [6.07, 6.45) is 1.59. The van der Waals surface area contributed by atoms with Gasteiger partial charge in [-0.25, -0.2) is 15.0 Å². The van der Waals surface area contributed by atoms with E-state index in [0.29, 0.717) is 33.6 Å². The van der Waals surface area contributed by atoms with Gasteiger partial charge in [0.15, 0.2) is 0 Å². The number of halogens is 1. The van der Waals surface area contributed by atoms with E-state index in [-0.39, 0.29) is 11.9 Å². The van der Waals surface area contributed by atoms with Crippen LogP contribution < -0.4 is 11.1 Å². The van der Waals surface area contributed by atoms with Crippen molar-refractivity contribution in [1.29, 1.82) is 0 Å². The molecule has 0 atom stereocenters. The molecule has 136 valence electrons. The van der Waals surface area contributed by atoms with Crippen molar-refractivity contribution in [2.45, 2.75) is 13.5 Å². The van der Waals surface area contributed by atoms with Gasteiger partial charge in [-0.2, -0.15) is 0 Å². The van der Waals surface area contributed by atoms with E-state index < -0.39 is 0 Å². The van der Waals surface area contributed by atoms with Crippen molar-refractivity contribution in [3.63, 3.8) is 0 Å². The number of aromatic nitrogens is 4. The number of carbonyl (C=O) groups excluding carboxylic acids is 1. The molecule has 0 aliphatic heterocycles. The maximum absolute atomic E-state index is 12.7. The van der Waals surface area contributed by atoms with Crippen molar-refractivity contribution in [3.8, 4) is 10.6 Å². The molecular formula is C18H15ClN6OS. The van der Waals surface area contributed by atoms with E-state index in [1.54, 1.807) is 24.4 Å². The zero-order valence-electron chi connectivity index (χ0n) is 14.3. The van der Waals surface area contributed by atoms with E-state index in [2.05, 4.69) is 20.3 Å². The Balaban J connectivity index is 1.63. The predicted molar refractivity (Wildman–Crippen MR) is 108 cm³/mol. The lowest BCUT2D eigenvalue weighted by atomic mass is 10.3. The maximum atomic E-state index is 12.7. The summed E-state index contributed by atoms with van der Waals surface area (Å²) >= 11 is 7.55. The number of carbonyl (C=O) groups is 1. The summed E-state index contributed by atoms with van der Waals surface area (Å²) in [6, 6.07) is 10.9. The number of nitrogens with one attached hydrogen (secondary N) is 1. The van der Waals surface area contributed by atoms with Gasteiger partial charge in [0.1, 0.15) is 5.52 Å². The lowest BCUT2D eigenvalue weighted by molar-refractivity contribution is 0.102. The number of imidazole rings is 1. The first-order valence-electron chi connectivity index (χ1n) is 8.21. The highest BCUT2D eigenvalue weighted by Crippen LogP contribution is 2.29. The molecule has 3 N–H and O–H groups in total. The second kappa shape index (κ2) is 6.98. The number of nitrogens with two attached hydrogens (primary N) is 1. The highest BCUT2D eigenvalue weighted by Gasteiger charge is 2.17. The van der Waals surface area contributed by atoms with Crippen LogP contribution in [0.2, 0.25) is 5.02 Å². The molecule has 4 rings (SSSR count). The summed E-state index contributed by atoms with van der Waals surface area (Å²) < 4.78 is 1.92. The van der Waals surface area contributed by atoms with Gasteiger partial charge in [0.05, 0.1) is 26.0 Å². The zero-order chi connectivity index (χ0) is 19.0. The quantitative estimate of drug-likeness (QED) is 0.540. The van der Waals surface area contributed by atoms with E-state index in [1.165, 1.54) is 11.3 Å². The van der Waals surface area contributed by atoms with Crippen LogP contribution >= 0.6 is 22.9 Å². The SMILES string of the molecule is CCn1c(NC(=O)c2ccc(-c3ccnc(N)n3)s2)nc2c(Cl)cccc21. The summed E-state index contributed by atoms with van der Waals surface area (Å²) in [6.45, 7) is 2.64. The molecule has 3 aromatic heterocycles. The molecule has 27 heavy (non-hydrogen) atoms. The standard InChI is InChI=1S/C18H15ClN6OS/c1-2-25-12-5-3-4-10(19)15(12)23-18(25)24-16(26)14-7-6-13(27-14)11-8-9-21-17(20)22-11/h3-9H,2H2,1H3,(H2,20,21,22)(H,23,24,26). The number of hydrogen-bond acceptors (Lipinski definition) is 6. The van der Waals surface area contributed by atoms with Gasteiger partial charge in [0, 0.05) is 12.7 Å². The van der Waals surface area contributed by atoms with Crippen molar-refractivity contribution in [2.24, 2.45) is 0 Å². The first kappa shape index (κ1) is 17.4. The van der Waals surface area contributed by atoms with Crippen LogP contribution in [0.1, 0.15) is 16.6 Å². The molecule has 0 fully saturated rings. The Morgan fingerprint density at radius 3 is 2.89 bits per heavy atom. The third-order valence-corrected chi connectivity index (χ3v) is 5.44. The van der Waals surface area contributed by atoms with Crippen LogP contribution in [0.5, 0.6) is 0 Å². The van der Waals surface area contributed by atoms with Crippen molar-refractivity contribution in [3.05, 3.63) is 52.5 Å². The molecule has 0 aliphatic carbocycles. The Bertz CT molecular complexity index is 1150. The zero-order valence-corrected chi connectivity index (χ0v) is 15.9. The van der Waals surface area contributed by atoms with Gasteiger partial charge in [0.2, 0.25) is 11.9 Å². The molecule has 3 heterocycles. The summed E-state index contributed by atoms with van der Waals surface area (Å²) in [5.74, 6) is 0.418. The molecular weight excluding hydrogens is 384 g/mol. The lowest BCUT2D eigenvalue weighted by Gasteiger charge is -2.06. The first-order chi connectivity index (χ1) is 13.1. The highest BCUT2D eigenvalue weighted by atomic mass is 35.5. The van der Waals surface area contributed by atoms with Crippen molar-refractivity contribution in [1.82, 2.24) is 19.5 Å². The molecule has 9 heteroatoms. The minimum absolute atomic E-state index is 0.195. The number of thiophene rings is 1. The Labute approximate surface area is 163 Å². The normalized spacial score (nSPS) is 11.0. The minimum Gasteiger partial charge on any atom is -0.368 e. The highest BCUT2D eigenvalue weighted by molar-refractivity contribution is 7.17. The molecule has 0 radical (unpaired) electrons. The number of aryl methyl sites for hydroxylation is 1. The van der Waals surface area contributed by atoms with E-state index in [0.717, 1.165) is 10.4 Å². The van der Waals surface area contributed by atoms with Crippen LogP contribution in [0.3, 0.4) is 0 Å². The average Bonchev–Trinajstić information content (AvgIpc) is 3.27. The fraction of sp³-hybridized carbons (Fsp3) is 0.111. The van der Waals surface area contributed by atoms with Crippen molar-refractivity contribution < 1.29 is 4.79 Å². The van der Waals surface area contributed by atoms with E-state index >= 15 is 0 Å². The van der Waals surface area contributed by atoms with Crippen LogP contribution in [-0.4, -0.2) is 25.4 Å². The third kappa shape index (κ3) is 3.24. The number of rotatable bonds is 4. The van der Waals surface area contributed by atoms with Crippen molar-refractivity contribution in [2.75, 3.05) is 11.1 Å².